The molecule has 0 radical (unpaired) electrons. The van der Waals surface area contributed by atoms with Crippen molar-refractivity contribution in [2.24, 2.45) is 5.73 Å². The first-order valence-electron chi connectivity index (χ1n) is 6.09. The third-order valence-electron chi connectivity index (χ3n) is 3.11. The summed E-state index contributed by atoms with van der Waals surface area (Å²) >= 11 is 0. The van der Waals surface area contributed by atoms with Crippen LogP contribution in [-0.2, 0) is 0 Å². The van der Waals surface area contributed by atoms with Gasteiger partial charge in [0.1, 0.15) is 5.82 Å². The minimum Gasteiger partial charge on any atom is -0.369 e. The zero-order valence-electron chi connectivity index (χ0n) is 9.82. The summed E-state index contributed by atoms with van der Waals surface area (Å²) in [6.45, 7) is 2.86. The van der Waals surface area contributed by atoms with Gasteiger partial charge < -0.3 is 11.1 Å². The Balaban J connectivity index is 1.82. The molecule has 1 unspecified atom stereocenters. The SMILES string of the molecule is CC(N)CCNc1ccc(C2CCC2)nn1. The van der Waals surface area contributed by atoms with E-state index in [0.29, 0.717) is 5.92 Å². The third kappa shape index (κ3) is 2.92. The van der Waals surface area contributed by atoms with Gasteiger partial charge in [0.05, 0.1) is 5.69 Å². The van der Waals surface area contributed by atoms with Crippen molar-refractivity contribution >= 4 is 5.82 Å². The molecule has 1 heterocycles. The van der Waals surface area contributed by atoms with Crippen molar-refractivity contribution in [2.45, 2.75) is 44.6 Å². The standard InChI is InChI=1S/C12H20N4/c1-9(13)7-8-14-12-6-5-11(15-16-12)10-3-2-4-10/h5-6,9-10H,2-4,7-8,13H2,1H3,(H,14,16). The van der Waals surface area contributed by atoms with Crippen LogP contribution in [0.2, 0.25) is 0 Å². The molecular weight excluding hydrogens is 200 g/mol. The predicted molar refractivity (Wildman–Crippen MR) is 65.4 cm³/mol. The molecule has 4 heteroatoms. The maximum atomic E-state index is 5.67. The first-order valence-corrected chi connectivity index (χ1v) is 6.09. The summed E-state index contributed by atoms with van der Waals surface area (Å²) in [6.07, 6.45) is 4.82. The van der Waals surface area contributed by atoms with Gasteiger partial charge in [0.2, 0.25) is 0 Å². The molecule has 0 saturated heterocycles. The Hall–Kier alpha value is -1.16. The van der Waals surface area contributed by atoms with Crippen LogP contribution in [0.5, 0.6) is 0 Å². The summed E-state index contributed by atoms with van der Waals surface area (Å²) in [5.74, 6) is 1.51. The second-order valence-corrected chi connectivity index (χ2v) is 4.66. The van der Waals surface area contributed by atoms with Gasteiger partial charge in [0.25, 0.3) is 0 Å². The Morgan fingerprint density at radius 1 is 1.44 bits per heavy atom. The van der Waals surface area contributed by atoms with Crippen LogP contribution in [0.3, 0.4) is 0 Å². The summed E-state index contributed by atoms with van der Waals surface area (Å²) < 4.78 is 0. The first kappa shape index (κ1) is 11.3. The van der Waals surface area contributed by atoms with Crippen molar-refractivity contribution < 1.29 is 0 Å². The van der Waals surface area contributed by atoms with E-state index in [9.17, 15) is 0 Å². The number of hydrogen-bond acceptors (Lipinski definition) is 4. The molecule has 0 aromatic carbocycles. The Kier molecular flexibility index (Phi) is 3.72. The lowest BCUT2D eigenvalue weighted by atomic mass is 9.83. The number of rotatable bonds is 5. The minimum absolute atomic E-state index is 0.231. The molecule has 3 N–H and O–H groups in total. The van der Waals surface area contributed by atoms with Crippen LogP contribution in [-0.4, -0.2) is 22.8 Å². The highest BCUT2D eigenvalue weighted by molar-refractivity contribution is 5.33. The van der Waals surface area contributed by atoms with Gasteiger partial charge in [-0.15, -0.1) is 5.10 Å². The monoisotopic (exact) mass is 220 g/mol. The highest BCUT2D eigenvalue weighted by atomic mass is 15.2. The Morgan fingerprint density at radius 3 is 2.75 bits per heavy atom. The summed E-state index contributed by atoms with van der Waals surface area (Å²) in [5.41, 5.74) is 6.81. The molecule has 2 rings (SSSR count). The van der Waals surface area contributed by atoms with Gasteiger partial charge in [-0.25, -0.2) is 0 Å². The number of hydrogen-bond donors (Lipinski definition) is 2. The molecule has 4 nitrogen and oxygen atoms in total. The Morgan fingerprint density at radius 2 is 2.25 bits per heavy atom. The second kappa shape index (κ2) is 5.25. The fourth-order valence-corrected chi connectivity index (χ4v) is 1.79. The van der Waals surface area contributed by atoms with E-state index in [1.165, 1.54) is 19.3 Å². The van der Waals surface area contributed by atoms with Gasteiger partial charge in [0, 0.05) is 18.5 Å². The first-order chi connectivity index (χ1) is 7.75. The molecule has 0 amide bonds. The molecule has 1 aliphatic carbocycles. The van der Waals surface area contributed by atoms with Crippen LogP contribution in [0, 0.1) is 0 Å². The summed E-state index contributed by atoms with van der Waals surface area (Å²) in [5, 5.41) is 11.7. The van der Waals surface area contributed by atoms with E-state index in [2.05, 4.69) is 21.6 Å². The largest absolute Gasteiger partial charge is 0.369 e. The minimum atomic E-state index is 0.231. The van der Waals surface area contributed by atoms with Crippen LogP contribution in [0.1, 0.15) is 44.2 Å². The van der Waals surface area contributed by atoms with Crippen LogP contribution in [0.25, 0.3) is 0 Å². The smallest absolute Gasteiger partial charge is 0.148 e. The van der Waals surface area contributed by atoms with Gasteiger partial charge in [-0.05, 0) is 38.3 Å². The summed E-state index contributed by atoms with van der Waals surface area (Å²) in [4.78, 5) is 0. The van der Waals surface area contributed by atoms with Gasteiger partial charge in [0.15, 0.2) is 0 Å². The Bertz CT molecular complexity index is 316. The van der Waals surface area contributed by atoms with Crippen molar-refractivity contribution in [1.82, 2.24) is 10.2 Å². The highest BCUT2D eigenvalue weighted by Gasteiger charge is 2.20. The molecule has 1 aliphatic rings. The quantitative estimate of drug-likeness (QED) is 0.795. The molecule has 0 spiro atoms. The van der Waals surface area contributed by atoms with Crippen LogP contribution >= 0.6 is 0 Å². The normalized spacial score (nSPS) is 17.9. The van der Waals surface area contributed by atoms with Crippen LogP contribution in [0.4, 0.5) is 5.82 Å². The predicted octanol–water partition coefficient (Wildman–Crippen LogP) is 1.89. The van der Waals surface area contributed by atoms with E-state index in [4.69, 9.17) is 5.73 Å². The van der Waals surface area contributed by atoms with Gasteiger partial charge in [-0.3, -0.25) is 0 Å². The van der Waals surface area contributed by atoms with E-state index in [-0.39, 0.29) is 6.04 Å². The molecule has 1 saturated carbocycles. The number of nitrogens with two attached hydrogens (primary N) is 1. The van der Waals surface area contributed by atoms with E-state index in [1.54, 1.807) is 0 Å². The Labute approximate surface area is 96.6 Å². The van der Waals surface area contributed by atoms with Crippen molar-refractivity contribution in [3.05, 3.63) is 17.8 Å². The molecule has 1 atom stereocenters. The van der Waals surface area contributed by atoms with E-state index < -0.39 is 0 Å². The van der Waals surface area contributed by atoms with Crippen molar-refractivity contribution in [2.75, 3.05) is 11.9 Å². The van der Waals surface area contributed by atoms with Crippen LogP contribution in [0.15, 0.2) is 12.1 Å². The highest BCUT2D eigenvalue weighted by Crippen LogP contribution is 2.34. The average molecular weight is 220 g/mol. The molecule has 1 aromatic rings. The van der Waals surface area contributed by atoms with E-state index >= 15 is 0 Å². The van der Waals surface area contributed by atoms with E-state index in [0.717, 1.165) is 24.5 Å². The van der Waals surface area contributed by atoms with Crippen LogP contribution < -0.4 is 11.1 Å². The maximum absolute atomic E-state index is 5.67. The lowest BCUT2D eigenvalue weighted by Gasteiger charge is -2.24. The zero-order chi connectivity index (χ0) is 11.4. The van der Waals surface area contributed by atoms with Gasteiger partial charge in [-0.2, -0.15) is 5.10 Å². The van der Waals surface area contributed by atoms with E-state index in [1.807, 2.05) is 13.0 Å². The molecule has 88 valence electrons. The van der Waals surface area contributed by atoms with Gasteiger partial charge in [-0.1, -0.05) is 6.42 Å². The third-order valence-corrected chi connectivity index (χ3v) is 3.11. The molecule has 1 fully saturated rings. The molecule has 1 aromatic heterocycles. The summed E-state index contributed by atoms with van der Waals surface area (Å²) in [6, 6.07) is 4.34. The lowest BCUT2D eigenvalue weighted by molar-refractivity contribution is 0.408. The maximum Gasteiger partial charge on any atom is 0.148 e. The average Bonchev–Trinajstić information content (AvgIpc) is 2.17. The zero-order valence-corrected chi connectivity index (χ0v) is 9.82. The fraction of sp³-hybridized carbons (Fsp3) is 0.667. The number of aromatic nitrogens is 2. The van der Waals surface area contributed by atoms with Gasteiger partial charge >= 0.3 is 0 Å². The van der Waals surface area contributed by atoms with Crippen molar-refractivity contribution in [3.8, 4) is 0 Å². The number of anilines is 1. The lowest BCUT2D eigenvalue weighted by Crippen LogP contribution is -2.19. The topological polar surface area (TPSA) is 63.8 Å². The number of nitrogens with zero attached hydrogens (tertiary/aromatic N) is 2. The summed E-state index contributed by atoms with van der Waals surface area (Å²) in [7, 11) is 0. The van der Waals surface area contributed by atoms with Crippen molar-refractivity contribution in [3.63, 3.8) is 0 Å². The second-order valence-electron chi connectivity index (χ2n) is 4.66. The van der Waals surface area contributed by atoms with Crippen molar-refractivity contribution in [1.29, 1.82) is 0 Å². The fourth-order valence-electron chi connectivity index (χ4n) is 1.79. The molecule has 0 aliphatic heterocycles. The number of nitrogens with one attached hydrogen (secondary N) is 1. The molecular formula is C12H20N4. The molecule has 0 bridgehead atoms. The molecule has 16 heavy (non-hydrogen) atoms.